The molecular formula is C16H25NO2S. The molecule has 0 saturated heterocycles. The maximum Gasteiger partial charge on any atom is 0.157 e. The van der Waals surface area contributed by atoms with Crippen molar-refractivity contribution >= 4 is 9.84 Å². The summed E-state index contributed by atoms with van der Waals surface area (Å²) in [6, 6.07) is 7.95. The Kier molecular flexibility index (Phi) is 5.61. The predicted molar refractivity (Wildman–Crippen MR) is 83.3 cm³/mol. The Labute approximate surface area is 122 Å². The fraction of sp³-hybridized carbons (Fsp3) is 0.625. The lowest BCUT2D eigenvalue weighted by Gasteiger charge is -2.21. The minimum Gasteiger partial charge on any atom is -0.330 e. The Morgan fingerprint density at radius 3 is 2.50 bits per heavy atom. The van der Waals surface area contributed by atoms with Crippen LogP contribution in [0.2, 0.25) is 0 Å². The molecule has 0 bridgehead atoms. The molecule has 0 spiro atoms. The SMILES string of the molecule is NCCCc1cccc(CS(=O)(=O)C2CCCCC2)c1. The molecular weight excluding hydrogens is 270 g/mol. The summed E-state index contributed by atoms with van der Waals surface area (Å²) in [6.07, 6.45) is 6.85. The van der Waals surface area contributed by atoms with Crippen LogP contribution in [-0.2, 0) is 22.0 Å². The lowest BCUT2D eigenvalue weighted by molar-refractivity contribution is 0.483. The highest BCUT2D eigenvalue weighted by molar-refractivity contribution is 7.91. The van der Waals surface area contributed by atoms with Crippen LogP contribution in [0, 0.1) is 0 Å². The summed E-state index contributed by atoms with van der Waals surface area (Å²) >= 11 is 0. The van der Waals surface area contributed by atoms with Crippen molar-refractivity contribution in [2.24, 2.45) is 5.73 Å². The van der Waals surface area contributed by atoms with Gasteiger partial charge in [0.2, 0.25) is 0 Å². The molecule has 1 aromatic rings. The van der Waals surface area contributed by atoms with Gasteiger partial charge in [-0.25, -0.2) is 8.42 Å². The van der Waals surface area contributed by atoms with Crippen molar-refractivity contribution in [3.8, 4) is 0 Å². The van der Waals surface area contributed by atoms with Crippen LogP contribution in [-0.4, -0.2) is 20.2 Å². The molecule has 112 valence electrons. The highest BCUT2D eigenvalue weighted by Gasteiger charge is 2.27. The third-order valence-electron chi connectivity index (χ3n) is 4.09. The van der Waals surface area contributed by atoms with Gasteiger partial charge in [0.1, 0.15) is 0 Å². The van der Waals surface area contributed by atoms with Gasteiger partial charge >= 0.3 is 0 Å². The summed E-state index contributed by atoms with van der Waals surface area (Å²) in [7, 11) is -3.00. The second kappa shape index (κ2) is 7.23. The lowest BCUT2D eigenvalue weighted by Crippen LogP contribution is -2.25. The Balaban J connectivity index is 2.04. The number of nitrogens with two attached hydrogens (primary N) is 1. The summed E-state index contributed by atoms with van der Waals surface area (Å²) in [5, 5.41) is -0.121. The molecule has 0 radical (unpaired) electrons. The normalized spacial score (nSPS) is 17.2. The van der Waals surface area contributed by atoms with Gasteiger partial charge in [-0.3, -0.25) is 0 Å². The molecule has 0 aromatic heterocycles. The molecule has 1 aromatic carbocycles. The van der Waals surface area contributed by atoms with Gasteiger partial charge in [0.05, 0.1) is 11.0 Å². The van der Waals surface area contributed by atoms with Crippen LogP contribution < -0.4 is 5.73 Å². The van der Waals surface area contributed by atoms with E-state index in [9.17, 15) is 8.42 Å². The van der Waals surface area contributed by atoms with Crippen molar-refractivity contribution in [1.29, 1.82) is 0 Å². The van der Waals surface area contributed by atoms with Gasteiger partial charge < -0.3 is 5.73 Å². The zero-order valence-corrected chi connectivity index (χ0v) is 12.9. The zero-order valence-electron chi connectivity index (χ0n) is 12.1. The van der Waals surface area contributed by atoms with Gasteiger partial charge in [-0.15, -0.1) is 0 Å². The number of hydrogen-bond acceptors (Lipinski definition) is 3. The molecule has 0 aliphatic heterocycles. The van der Waals surface area contributed by atoms with Crippen LogP contribution in [0.5, 0.6) is 0 Å². The zero-order chi connectivity index (χ0) is 14.4. The topological polar surface area (TPSA) is 60.2 Å². The van der Waals surface area contributed by atoms with Gasteiger partial charge in [0.25, 0.3) is 0 Å². The van der Waals surface area contributed by atoms with Crippen molar-refractivity contribution in [2.45, 2.75) is 55.9 Å². The average molecular weight is 295 g/mol. The van der Waals surface area contributed by atoms with Crippen molar-refractivity contribution in [3.63, 3.8) is 0 Å². The molecule has 4 heteroatoms. The smallest absolute Gasteiger partial charge is 0.157 e. The highest BCUT2D eigenvalue weighted by Crippen LogP contribution is 2.26. The van der Waals surface area contributed by atoms with Gasteiger partial charge in [-0.1, -0.05) is 43.5 Å². The predicted octanol–water partition coefficient (Wildman–Crippen LogP) is 2.83. The van der Waals surface area contributed by atoms with Crippen LogP contribution in [0.25, 0.3) is 0 Å². The maximum absolute atomic E-state index is 12.5. The lowest BCUT2D eigenvalue weighted by atomic mass is 10.0. The van der Waals surface area contributed by atoms with E-state index in [4.69, 9.17) is 5.73 Å². The number of sulfone groups is 1. The van der Waals surface area contributed by atoms with Gasteiger partial charge in [-0.05, 0) is 43.4 Å². The van der Waals surface area contributed by atoms with Crippen LogP contribution in [0.15, 0.2) is 24.3 Å². The van der Waals surface area contributed by atoms with E-state index in [2.05, 4.69) is 0 Å². The van der Waals surface area contributed by atoms with E-state index in [0.717, 1.165) is 44.1 Å². The number of hydrogen-bond donors (Lipinski definition) is 1. The number of rotatable bonds is 6. The van der Waals surface area contributed by atoms with Crippen molar-refractivity contribution in [2.75, 3.05) is 6.54 Å². The molecule has 1 aliphatic rings. The number of benzene rings is 1. The molecule has 1 fully saturated rings. The van der Waals surface area contributed by atoms with Gasteiger partial charge in [0, 0.05) is 0 Å². The maximum atomic E-state index is 12.5. The minimum absolute atomic E-state index is 0.121. The van der Waals surface area contributed by atoms with Crippen molar-refractivity contribution in [3.05, 3.63) is 35.4 Å². The molecule has 1 saturated carbocycles. The summed E-state index contributed by atoms with van der Waals surface area (Å²) in [6.45, 7) is 0.671. The fourth-order valence-electron chi connectivity index (χ4n) is 2.96. The molecule has 1 aliphatic carbocycles. The molecule has 0 atom stereocenters. The first-order chi connectivity index (χ1) is 9.62. The van der Waals surface area contributed by atoms with Crippen LogP contribution in [0.3, 0.4) is 0 Å². The molecule has 0 unspecified atom stereocenters. The summed E-state index contributed by atoms with van der Waals surface area (Å²) in [5.41, 5.74) is 7.63. The molecule has 0 heterocycles. The standard InChI is InChI=1S/C16H25NO2S/c17-11-5-8-14-6-4-7-15(12-14)13-20(18,19)16-9-2-1-3-10-16/h4,6-7,12,16H,1-3,5,8-11,13,17H2. The number of aryl methyl sites for hydroxylation is 1. The first kappa shape index (κ1) is 15.5. The Morgan fingerprint density at radius 2 is 1.80 bits per heavy atom. The Morgan fingerprint density at radius 1 is 1.10 bits per heavy atom. The second-order valence-corrected chi connectivity index (χ2v) is 8.06. The molecule has 0 amide bonds. The fourth-order valence-corrected chi connectivity index (χ4v) is 4.89. The quantitative estimate of drug-likeness (QED) is 0.878. The Hall–Kier alpha value is -0.870. The van der Waals surface area contributed by atoms with Gasteiger partial charge in [-0.2, -0.15) is 0 Å². The van der Waals surface area contributed by atoms with E-state index in [1.54, 1.807) is 0 Å². The first-order valence-corrected chi connectivity index (χ1v) is 9.33. The van der Waals surface area contributed by atoms with Crippen molar-refractivity contribution < 1.29 is 8.42 Å². The monoisotopic (exact) mass is 295 g/mol. The van der Waals surface area contributed by atoms with Crippen LogP contribution >= 0.6 is 0 Å². The summed E-state index contributed by atoms with van der Waals surface area (Å²) in [5.74, 6) is 0.189. The van der Waals surface area contributed by atoms with E-state index in [1.807, 2.05) is 24.3 Å². The Bertz CT molecular complexity index is 519. The summed E-state index contributed by atoms with van der Waals surface area (Å²) < 4.78 is 24.9. The molecule has 3 nitrogen and oxygen atoms in total. The molecule has 20 heavy (non-hydrogen) atoms. The minimum atomic E-state index is -3.00. The highest BCUT2D eigenvalue weighted by atomic mass is 32.2. The van der Waals surface area contributed by atoms with Crippen LogP contribution in [0.4, 0.5) is 0 Å². The van der Waals surface area contributed by atoms with E-state index in [1.165, 1.54) is 12.0 Å². The van der Waals surface area contributed by atoms with E-state index >= 15 is 0 Å². The van der Waals surface area contributed by atoms with Crippen LogP contribution in [0.1, 0.15) is 49.7 Å². The average Bonchev–Trinajstić information content (AvgIpc) is 2.46. The summed E-state index contributed by atoms with van der Waals surface area (Å²) in [4.78, 5) is 0. The largest absolute Gasteiger partial charge is 0.330 e. The van der Waals surface area contributed by atoms with Gasteiger partial charge in [0.15, 0.2) is 9.84 Å². The third-order valence-corrected chi connectivity index (χ3v) is 6.31. The van der Waals surface area contributed by atoms with Crippen molar-refractivity contribution in [1.82, 2.24) is 0 Å². The second-order valence-electron chi connectivity index (χ2n) is 5.78. The third kappa shape index (κ3) is 4.32. The molecule has 2 rings (SSSR count). The molecule has 2 N–H and O–H groups in total. The first-order valence-electron chi connectivity index (χ1n) is 7.61. The van der Waals surface area contributed by atoms with E-state index in [-0.39, 0.29) is 11.0 Å². The van der Waals surface area contributed by atoms with E-state index in [0.29, 0.717) is 6.54 Å². The van der Waals surface area contributed by atoms with E-state index < -0.39 is 9.84 Å².